The van der Waals surface area contributed by atoms with Crippen molar-refractivity contribution in [3.8, 4) is 0 Å². The van der Waals surface area contributed by atoms with E-state index in [0.29, 0.717) is 6.04 Å². The minimum Gasteiger partial charge on any atom is -0.314 e. The van der Waals surface area contributed by atoms with Gasteiger partial charge in [0.25, 0.3) is 0 Å². The monoisotopic (exact) mass is 272 g/mol. The number of nitrogens with zero attached hydrogens (tertiary/aromatic N) is 3. The molecule has 0 atom stereocenters. The van der Waals surface area contributed by atoms with Crippen LogP contribution < -0.4 is 5.32 Å². The molecule has 1 fully saturated rings. The first-order valence-electron chi connectivity index (χ1n) is 6.18. The lowest BCUT2D eigenvalue weighted by Crippen LogP contribution is -2.21. The Morgan fingerprint density at radius 1 is 1.50 bits per heavy atom. The van der Waals surface area contributed by atoms with Crippen LogP contribution in [0.1, 0.15) is 19.3 Å². The maximum atomic E-state index is 11.8. The predicted molar refractivity (Wildman–Crippen MR) is 68.7 cm³/mol. The average molecular weight is 272 g/mol. The molecule has 1 heterocycles. The van der Waals surface area contributed by atoms with Crippen LogP contribution in [-0.2, 0) is 16.6 Å². The van der Waals surface area contributed by atoms with Crippen LogP contribution in [0.4, 0.5) is 0 Å². The van der Waals surface area contributed by atoms with Crippen molar-refractivity contribution in [3.63, 3.8) is 0 Å². The lowest BCUT2D eigenvalue weighted by atomic mass is 10.4. The molecule has 1 aromatic rings. The van der Waals surface area contributed by atoms with Crippen molar-refractivity contribution in [1.29, 1.82) is 0 Å². The van der Waals surface area contributed by atoms with Crippen LogP contribution >= 0.6 is 0 Å². The fourth-order valence-electron chi connectivity index (χ4n) is 1.65. The molecule has 0 unspecified atom stereocenters. The van der Waals surface area contributed by atoms with Crippen molar-refractivity contribution in [2.75, 3.05) is 20.6 Å². The second kappa shape index (κ2) is 5.38. The van der Waals surface area contributed by atoms with Gasteiger partial charge in [-0.15, -0.1) is 0 Å². The molecule has 0 aliphatic heterocycles. The molecule has 0 saturated heterocycles. The number of hydrogen-bond donors (Lipinski definition) is 1. The highest BCUT2D eigenvalue weighted by molar-refractivity contribution is 7.89. The minimum absolute atomic E-state index is 0.252. The van der Waals surface area contributed by atoms with Crippen LogP contribution in [0.3, 0.4) is 0 Å². The highest BCUT2D eigenvalue weighted by atomic mass is 32.2. The standard InChI is InChI=1S/C11H20N4O2S/c1-14(2)18(16,17)11-8-13-15(9-11)7-3-6-12-10-4-5-10/h8-10,12H,3-7H2,1-2H3. The van der Waals surface area contributed by atoms with E-state index in [2.05, 4.69) is 10.4 Å². The molecule has 1 aliphatic rings. The van der Waals surface area contributed by atoms with Gasteiger partial charge in [0.1, 0.15) is 4.90 Å². The molecule has 2 rings (SSSR count). The van der Waals surface area contributed by atoms with Gasteiger partial charge in [-0.1, -0.05) is 0 Å². The van der Waals surface area contributed by atoms with Gasteiger partial charge in [0.05, 0.1) is 6.20 Å². The van der Waals surface area contributed by atoms with Crippen molar-refractivity contribution < 1.29 is 8.42 Å². The van der Waals surface area contributed by atoms with E-state index >= 15 is 0 Å². The molecule has 0 radical (unpaired) electrons. The van der Waals surface area contributed by atoms with Gasteiger partial charge in [-0.2, -0.15) is 5.10 Å². The van der Waals surface area contributed by atoms with Crippen LogP contribution in [0.2, 0.25) is 0 Å². The summed E-state index contributed by atoms with van der Waals surface area (Å²) in [5, 5.41) is 7.49. The molecule has 0 amide bonds. The average Bonchev–Trinajstić information content (AvgIpc) is 3.01. The zero-order valence-corrected chi connectivity index (χ0v) is 11.7. The smallest absolute Gasteiger partial charge is 0.245 e. The van der Waals surface area contributed by atoms with Crippen LogP contribution in [0.5, 0.6) is 0 Å². The Hall–Kier alpha value is -0.920. The summed E-state index contributed by atoms with van der Waals surface area (Å²) < 4.78 is 26.5. The maximum Gasteiger partial charge on any atom is 0.245 e. The summed E-state index contributed by atoms with van der Waals surface area (Å²) in [5.41, 5.74) is 0. The van der Waals surface area contributed by atoms with Crippen LogP contribution in [0.15, 0.2) is 17.3 Å². The number of aryl methyl sites for hydroxylation is 1. The number of rotatable bonds is 7. The van der Waals surface area contributed by atoms with Gasteiger partial charge in [0.15, 0.2) is 0 Å². The van der Waals surface area contributed by atoms with E-state index in [1.54, 1.807) is 10.9 Å². The molecule has 1 aliphatic carbocycles. The molecule has 102 valence electrons. The van der Waals surface area contributed by atoms with Gasteiger partial charge in [-0.05, 0) is 25.8 Å². The highest BCUT2D eigenvalue weighted by Crippen LogP contribution is 2.18. The zero-order valence-electron chi connectivity index (χ0n) is 10.8. The number of hydrogen-bond acceptors (Lipinski definition) is 4. The summed E-state index contributed by atoms with van der Waals surface area (Å²) >= 11 is 0. The van der Waals surface area contributed by atoms with Crippen molar-refractivity contribution in [1.82, 2.24) is 19.4 Å². The summed E-state index contributed by atoms with van der Waals surface area (Å²) in [7, 11) is -0.316. The Kier molecular flexibility index (Phi) is 4.04. The molecular weight excluding hydrogens is 252 g/mol. The molecule has 7 heteroatoms. The predicted octanol–water partition coefficient (Wildman–Crippen LogP) is 0.275. The molecule has 0 bridgehead atoms. The number of aromatic nitrogens is 2. The van der Waals surface area contributed by atoms with Crippen molar-refractivity contribution in [3.05, 3.63) is 12.4 Å². The third kappa shape index (κ3) is 3.30. The fourth-order valence-corrected chi connectivity index (χ4v) is 2.50. The summed E-state index contributed by atoms with van der Waals surface area (Å²) in [6.45, 7) is 1.70. The molecule has 1 aromatic heterocycles. The first-order valence-corrected chi connectivity index (χ1v) is 7.62. The van der Waals surface area contributed by atoms with Gasteiger partial charge >= 0.3 is 0 Å². The minimum atomic E-state index is -3.36. The molecule has 18 heavy (non-hydrogen) atoms. The van der Waals surface area contributed by atoms with E-state index in [-0.39, 0.29) is 4.90 Å². The van der Waals surface area contributed by atoms with Crippen molar-refractivity contribution in [2.45, 2.75) is 36.7 Å². The van der Waals surface area contributed by atoms with E-state index in [1.165, 1.54) is 37.4 Å². The Morgan fingerprint density at radius 2 is 2.22 bits per heavy atom. The third-order valence-electron chi connectivity index (χ3n) is 2.96. The topological polar surface area (TPSA) is 67.2 Å². The fraction of sp³-hybridized carbons (Fsp3) is 0.727. The second-order valence-electron chi connectivity index (χ2n) is 4.81. The van der Waals surface area contributed by atoms with E-state index in [9.17, 15) is 8.42 Å². The van der Waals surface area contributed by atoms with Crippen LogP contribution in [0, 0.1) is 0 Å². The summed E-state index contributed by atoms with van der Waals surface area (Å²) in [4.78, 5) is 0.252. The van der Waals surface area contributed by atoms with Gasteiger partial charge in [-0.3, -0.25) is 4.68 Å². The third-order valence-corrected chi connectivity index (χ3v) is 4.73. The van der Waals surface area contributed by atoms with Crippen molar-refractivity contribution in [2.24, 2.45) is 0 Å². The Labute approximate surface area is 108 Å². The second-order valence-corrected chi connectivity index (χ2v) is 6.96. The molecule has 1 saturated carbocycles. The van der Waals surface area contributed by atoms with E-state index in [4.69, 9.17) is 0 Å². The Morgan fingerprint density at radius 3 is 2.83 bits per heavy atom. The largest absolute Gasteiger partial charge is 0.314 e. The van der Waals surface area contributed by atoms with Gasteiger partial charge < -0.3 is 5.32 Å². The number of nitrogens with one attached hydrogen (secondary N) is 1. The lowest BCUT2D eigenvalue weighted by Gasteiger charge is -2.08. The Bertz CT molecular complexity index is 491. The van der Waals surface area contributed by atoms with Crippen LogP contribution in [0.25, 0.3) is 0 Å². The van der Waals surface area contributed by atoms with E-state index in [1.807, 2.05) is 0 Å². The van der Waals surface area contributed by atoms with Crippen LogP contribution in [-0.4, -0.2) is 49.2 Å². The quantitative estimate of drug-likeness (QED) is 0.724. The van der Waals surface area contributed by atoms with Gasteiger partial charge in [0, 0.05) is 32.9 Å². The SMILES string of the molecule is CN(C)S(=O)(=O)c1cnn(CCCNC2CC2)c1. The lowest BCUT2D eigenvalue weighted by molar-refractivity contribution is 0.519. The first-order chi connectivity index (χ1) is 8.50. The van der Waals surface area contributed by atoms with E-state index in [0.717, 1.165) is 19.5 Å². The molecule has 1 N–H and O–H groups in total. The zero-order chi connectivity index (χ0) is 13.2. The summed E-state index contributed by atoms with van der Waals surface area (Å²) in [6.07, 6.45) is 6.52. The van der Waals surface area contributed by atoms with Crippen molar-refractivity contribution >= 4 is 10.0 Å². The van der Waals surface area contributed by atoms with Gasteiger partial charge in [0.2, 0.25) is 10.0 Å². The summed E-state index contributed by atoms with van der Waals surface area (Å²) in [6, 6.07) is 0.715. The Balaban J connectivity index is 1.85. The molecular formula is C11H20N4O2S. The summed E-state index contributed by atoms with van der Waals surface area (Å²) in [5.74, 6) is 0. The highest BCUT2D eigenvalue weighted by Gasteiger charge is 2.20. The van der Waals surface area contributed by atoms with E-state index < -0.39 is 10.0 Å². The maximum absolute atomic E-state index is 11.8. The molecule has 0 aromatic carbocycles. The molecule has 6 nitrogen and oxygen atoms in total. The first kappa shape index (κ1) is 13.5. The normalized spacial score (nSPS) is 16.4. The number of sulfonamides is 1. The molecule has 0 spiro atoms. The van der Waals surface area contributed by atoms with Gasteiger partial charge in [-0.25, -0.2) is 12.7 Å².